The summed E-state index contributed by atoms with van der Waals surface area (Å²) in [7, 11) is 0. The molecule has 0 heterocycles. The molecule has 0 nitrogen and oxygen atoms in total. The molecule has 0 amide bonds. The smallest absolute Gasteiger partial charge is 0.500 e. The second-order valence-corrected chi connectivity index (χ2v) is 3.91. The molecule has 0 N–H and O–H groups in total. The van der Waals surface area contributed by atoms with Crippen LogP contribution in [0, 0.1) is 19.9 Å². The summed E-state index contributed by atoms with van der Waals surface area (Å²) in [5.41, 5.74) is 1.83. The first-order valence-corrected chi connectivity index (χ1v) is 5.61. The Kier molecular flexibility index (Phi) is 22.5. The van der Waals surface area contributed by atoms with E-state index < -0.39 is 0 Å². The molecular weight excluding hydrogens is 293 g/mol. The molecule has 0 aliphatic heterocycles. The molecule has 0 bridgehead atoms. The second-order valence-electron chi connectivity index (χ2n) is 3.91. The van der Waals surface area contributed by atoms with Crippen LogP contribution in [0.15, 0.2) is 42.5 Å². The van der Waals surface area contributed by atoms with E-state index in [-0.39, 0.29) is 19.5 Å². The minimum absolute atomic E-state index is 0. The van der Waals surface area contributed by atoms with E-state index in [1.807, 2.05) is 13.8 Å². The third-order valence-corrected chi connectivity index (χ3v) is 1.24. The Balaban J connectivity index is -0.000000189. The third-order valence-electron chi connectivity index (χ3n) is 1.24. The first-order valence-electron chi connectivity index (χ1n) is 5.61. The van der Waals surface area contributed by atoms with Crippen molar-refractivity contribution in [1.82, 2.24) is 0 Å². The van der Waals surface area contributed by atoms with Crippen LogP contribution in [0.1, 0.15) is 39.5 Å². The summed E-state index contributed by atoms with van der Waals surface area (Å²) >= 11 is 0. The molecule has 17 heavy (non-hydrogen) atoms. The van der Waals surface area contributed by atoms with Crippen LogP contribution < -0.4 is 0 Å². The SMILES string of the molecule is C=C([CH2-])C.C=C([CH2-])C.[C-]1=CCC/C=C\CC1.[Ru+3]. The van der Waals surface area contributed by atoms with Crippen LogP contribution in [0.2, 0.25) is 0 Å². The Hall–Kier alpha value is -0.677. The maximum atomic E-state index is 3.44. The van der Waals surface area contributed by atoms with Gasteiger partial charge >= 0.3 is 19.5 Å². The Labute approximate surface area is 121 Å². The van der Waals surface area contributed by atoms with Crippen molar-refractivity contribution in [3.8, 4) is 0 Å². The van der Waals surface area contributed by atoms with E-state index in [9.17, 15) is 0 Å². The first-order chi connectivity index (χ1) is 7.46. The minimum atomic E-state index is 0. The largest absolute Gasteiger partial charge is 3.00 e. The van der Waals surface area contributed by atoms with Gasteiger partial charge in [0.15, 0.2) is 0 Å². The van der Waals surface area contributed by atoms with Gasteiger partial charge in [0.1, 0.15) is 0 Å². The molecule has 1 aliphatic carbocycles. The predicted octanol–water partition coefficient (Wildman–Crippen LogP) is 5.27. The van der Waals surface area contributed by atoms with Crippen molar-refractivity contribution in [3.05, 3.63) is 62.5 Å². The summed E-state index contributed by atoms with van der Waals surface area (Å²) in [5, 5.41) is 0. The maximum Gasteiger partial charge on any atom is 3.00 e. The van der Waals surface area contributed by atoms with Gasteiger partial charge in [0.05, 0.1) is 0 Å². The molecule has 1 aliphatic rings. The monoisotopic (exact) mass is 319 g/mol. The van der Waals surface area contributed by atoms with Crippen molar-refractivity contribution in [2.75, 3.05) is 0 Å². The normalized spacial score (nSPS) is 14.2. The zero-order valence-corrected chi connectivity index (χ0v) is 13.0. The number of hydrogen-bond donors (Lipinski definition) is 0. The molecule has 0 saturated heterocycles. The fourth-order valence-corrected chi connectivity index (χ4v) is 0.786. The van der Waals surface area contributed by atoms with Crippen molar-refractivity contribution in [1.29, 1.82) is 0 Å². The van der Waals surface area contributed by atoms with E-state index in [1.54, 1.807) is 0 Å². The zero-order valence-electron chi connectivity index (χ0n) is 11.2. The molecule has 0 spiro atoms. The van der Waals surface area contributed by atoms with Crippen molar-refractivity contribution in [2.45, 2.75) is 39.5 Å². The van der Waals surface area contributed by atoms with E-state index >= 15 is 0 Å². The standard InChI is InChI=1S/C8H11.2C4H7.Ru/c1-2-4-6-8-7-5-3-1;2*1-4(2)3;/h1-2,7H,3-6H2;2*1-2H2,3H3;/q3*-1;+3/b2-1-;;;. The molecular formula is C16H25Ru. The average molecular weight is 318 g/mol. The van der Waals surface area contributed by atoms with Crippen LogP contribution in [0.4, 0.5) is 0 Å². The summed E-state index contributed by atoms with van der Waals surface area (Å²) in [6.07, 6.45) is 14.5. The van der Waals surface area contributed by atoms with Crippen molar-refractivity contribution in [3.63, 3.8) is 0 Å². The topological polar surface area (TPSA) is 0 Å². The van der Waals surface area contributed by atoms with Gasteiger partial charge in [-0.05, 0) is 6.42 Å². The van der Waals surface area contributed by atoms with Gasteiger partial charge in [0, 0.05) is 0 Å². The van der Waals surface area contributed by atoms with E-state index in [1.165, 1.54) is 19.3 Å². The van der Waals surface area contributed by atoms with Crippen LogP contribution in [-0.4, -0.2) is 0 Å². The molecule has 1 heteroatoms. The van der Waals surface area contributed by atoms with Crippen LogP contribution in [-0.2, 0) is 19.5 Å². The van der Waals surface area contributed by atoms with Gasteiger partial charge in [-0.15, -0.1) is 0 Å². The predicted molar refractivity (Wildman–Crippen MR) is 75.8 cm³/mol. The molecule has 0 fully saturated rings. The molecule has 0 saturated carbocycles. The Morgan fingerprint density at radius 1 is 1.00 bits per heavy atom. The van der Waals surface area contributed by atoms with Gasteiger partial charge in [-0.3, -0.25) is 6.08 Å². The summed E-state index contributed by atoms with van der Waals surface area (Å²) in [6.45, 7) is 17.5. The number of hydrogen-bond acceptors (Lipinski definition) is 0. The maximum absolute atomic E-state index is 3.44. The fourth-order valence-electron chi connectivity index (χ4n) is 0.786. The van der Waals surface area contributed by atoms with Gasteiger partial charge in [0.2, 0.25) is 0 Å². The molecule has 0 unspecified atom stereocenters. The van der Waals surface area contributed by atoms with Gasteiger partial charge < -0.3 is 6.08 Å². The summed E-state index contributed by atoms with van der Waals surface area (Å²) < 4.78 is 0. The second kappa shape index (κ2) is 17.7. The molecule has 0 aromatic heterocycles. The quantitative estimate of drug-likeness (QED) is 0.324. The summed E-state index contributed by atoms with van der Waals surface area (Å²) in [5.74, 6) is 0. The van der Waals surface area contributed by atoms with Crippen molar-refractivity contribution >= 4 is 0 Å². The van der Waals surface area contributed by atoms with Crippen LogP contribution in [0.3, 0.4) is 0 Å². The number of rotatable bonds is 0. The van der Waals surface area contributed by atoms with Gasteiger partial charge in [-0.1, -0.05) is 38.8 Å². The van der Waals surface area contributed by atoms with Gasteiger partial charge in [0.25, 0.3) is 0 Å². The minimum Gasteiger partial charge on any atom is -0.500 e. The molecule has 1 radical (unpaired) electrons. The Morgan fingerprint density at radius 2 is 1.41 bits per heavy atom. The Bertz CT molecular complexity index is 188. The van der Waals surface area contributed by atoms with Crippen molar-refractivity contribution in [2.24, 2.45) is 0 Å². The molecule has 0 aromatic carbocycles. The Morgan fingerprint density at radius 3 is 1.88 bits per heavy atom. The molecule has 97 valence electrons. The van der Waals surface area contributed by atoms with Crippen LogP contribution in [0.5, 0.6) is 0 Å². The average Bonchev–Trinajstić information content (AvgIpc) is 1.98. The summed E-state index contributed by atoms with van der Waals surface area (Å²) in [4.78, 5) is 0. The first kappa shape index (κ1) is 21.6. The van der Waals surface area contributed by atoms with Crippen molar-refractivity contribution < 1.29 is 19.5 Å². The van der Waals surface area contributed by atoms with E-state index in [0.29, 0.717) is 0 Å². The summed E-state index contributed by atoms with van der Waals surface area (Å²) in [6, 6.07) is 0. The fraction of sp³-hybridized carbons (Fsp3) is 0.375. The molecule has 1 rings (SSSR count). The molecule has 0 atom stereocenters. The molecule has 0 aromatic rings. The van der Waals surface area contributed by atoms with Crippen LogP contribution in [0.25, 0.3) is 0 Å². The van der Waals surface area contributed by atoms with Gasteiger partial charge in [-0.25, -0.2) is 38.2 Å². The third kappa shape index (κ3) is 50.7. The van der Waals surface area contributed by atoms with Gasteiger partial charge in [-0.2, -0.15) is 6.42 Å². The van der Waals surface area contributed by atoms with Crippen LogP contribution >= 0.6 is 0 Å². The van der Waals surface area contributed by atoms with E-state index in [0.717, 1.165) is 17.6 Å². The number of allylic oxidation sites excluding steroid dienone is 6. The zero-order chi connectivity index (χ0) is 12.8. The van der Waals surface area contributed by atoms with E-state index in [2.05, 4.69) is 51.3 Å². The van der Waals surface area contributed by atoms with E-state index in [4.69, 9.17) is 0 Å².